The van der Waals surface area contributed by atoms with E-state index in [9.17, 15) is 4.79 Å². The van der Waals surface area contributed by atoms with Crippen molar-refractivity contribution in [1.29, 1.82) is 5.26 Å². The highest BCUT2D eigenvalue weighted by molar-refractivity contribution is 9.11. The van der Waals surface area contributed by atoms with Gasteiger partial charge < -0.3 is 5.32 Å². The minimum absolute atomic E-state index is 0.261. The number of nitriles is 1. The maximum atomic E-state index is 11.6. The number of amides is 1. The van der Waals surface area contributed by atoms with Gasteiger partial charge in [0, 0.05) is 8.95 Å². The van der Waals surface area contributed by atoms with Crippen LogP contribution < -0.4 is 5.32 Å². The minimum atomic E-state index is -0.493. The van der Waals surface area contributed by atoms with Gasteiger partial charge in [0.2, 0.25) is 0 Å². The molecule has 0 fully saturated rings. The maximum Gasteiger partial charge on any atom is 0.253 e. The van der Waals surface area contributed by atoms with Crippen molar-refractivity contribution < 1.29 is 4.79 Å². The molecule has 1 rings (SSSR count). The monoisotopic (exact) mass is 330 g/mol. The summed E-state index contributed by atoms with van der Waals surface area (Å²) in [5, 5.41) is 11.1. The van der Waals surface area contributed by atoms with Crippen molar-refractivity contribution in [3.05, 3.63) is 32.7 Å². The van der Waals surface area contributed by atoms with E-state index in [-0.39, 0.29) is 5.91 Å². The Labute approximate surface area is 105 Å². The third-order valence-electron chi connectivity index (χ3n) is 1.72. The Hall–Kier alpha value is -0.860. The number of carbonyl (C=O) groups excluding carboxylic acids is 1. The van der Waals surface area contributed by atoms with Crippen LogP contribution in [0.25, 0.3) is 0 Å². The summed E-state index contributed by atoms with van der Waals surface area (Å²) in [6.45, 7) is 1.63. The molecule has 1 amide bonds. The van der Waals surface area contributed by atoms with Gasteiger partial charge in [0.1, 0.15) is 6.04 Å². The SMILES string of the molecule is CC(C#N)NC(=O)c1ccc(Br)cc1Br. The molecule has 3 nitrogen and oxygen atoms in total. The first-order chi connectivity index (χ1) is 7.04. The van der Waals surface area contributed by atoms with Gasteiger partial charge >= 0.3 is 0 Å². The molecule has 0 heterocycles. The number of rotatable bonds is 2. The number of hydrogen-bond acceptors (Lipinski definition) is 2. The van der Waals surface area contributed by atoms with E-state index in [4.69, 9.17) is 5.26 Å². The van der Waals surface area contributed by atoms with Crippen LogP contribution in [-0.2, 0) is 0 Å². The average molecular weight is 332 g/mol. The second-order valence-corrected chi connectivity index (χ2v) is 4.72. The molecule has 1 N–H and O–H groups in total. The Morgan fingerprint density at radius 3 is 2.73 bits per heavy atom. The first-order valence-electron chi connectivity index (χ1n) is 4.20. The molecule has 0 saturated carbocycles. The minimum Gasteiger partial charge on any atom is -0.337 e. The topological polar surface area (TPSA) is 52.9 Å². The highest BCUT2D eigenvalue weighted by Gasteiger charge is 2.12. The van der Waals surface area contributed by atoms with Gasteiger partial charge in [-0.1, -0.05) is 15.9 Å². The molecule has 0 radical (unpaired) electrons. The lowest BCUT2D eigenvalue weighted by atomic mass is 10.2. The number of halogens is 2. The summed E-state index contributed by atoms with van der Waals surface area (Å²) >= 11 is 6.58. The highest BCUT2D eigenvalue weighted by atomic mass is 79.9. The molecule has 0 saturated heterocycles. The molecular weight excluding hydrogens is 324 g/mol. The molecule has 0 spiro atoms. The number of benzene rings is 1. The molecule has 1 aromatic rings. The quantitative estimate of drug-likeness (QED) is 0.906. The van der Waals surface area contributed by atoms with E-state index in [1.807, 2.05) is 6.07 Å². The molecule has 0 aromatic heterocycles. The van der Waals surface area contributed by atoms with Gasteiger partial charge in [-0.15, -0.1) is 0 Å². The number of hydrogen-bond donors (Lipinski definition) is 1. The van der Waals surface area contributed by atoms with Crippen LogP contribution in [0, 0.1) is 11.3 Å². The molecule has 0 aliphatic rings. The lowest BCUT2D eigenvalue weighted by Crippen LogP contribution is -2.31. The fourth-order valence-corrected chi connectivity index (χ4v) is 2.21. The fourth-order valence-electron chi connectivity index (χ4n) is 0.980. The van der Waals surface area contributed by atoms with Gasteiger partial charge in [0.25, 0.3) is 5.91 Å². The van der Waals surface area contributed by atoms with E-state index in [1.54, 1.807) is 25.1 Å². The second-order valence-electron chi connectivity index (χ2n) is 2.95. The van der Waals surface area contributed by atoms with Crippen molar-refractivity contribution in [2.24, 2.45) is 0 Å². The Morgan fingerprint density at radius 1 is 1.53 bits per heavy atom. The first-order valence-corrected chi connectivity index (χ1v) is 5.78. The zero-order valence-electron chi connectivity index (χ0n) is 7.92. The van der Waals surface area contributed by atoms with Gasteiger partial charge in [-0.25, -0.2) is 0 Å². The lowest BCUT2D eigenvalue weighted by molar-refractivity contribution is 0.0947. The van der Waals surface area contributed by atoms with Gasteiger partial charge in [-0.2, -0.15) is 5.26 Å². The normalized spacial score (nSPS) is 11.6. The summed E-state index contributed by atoms with van der Waals surface area (Å²) in [6.07, 6.45) is 0. The fraction of sp³-hybridized carbons (Fsp3) is 0.200. The molecular formula is C10H8Br2N2O. The molecule has 1 unspecified atom stereocenters. The summed E-state index contributed by atoms with van der Waals surface area (Å²) in [5.74, 6) is -0.261. The summed E-state index contributed by atoms with van der Waals surface area (Å²) in [6, 6.07) is 6.69. The third kappa shape index (κ3) is 3.33. The van der Waals surface area contributed by atoms with Crippen LogP contribution in [0.4, 0.5) is 0 Å². The zero-order valence-corrected chi connectivity index (χ0v) is 11.1. The Balaban J connectivity index is 2.88. The van der Waals surface area contributed by atoms with Gasteiger partial charge in [-0.3, -0.25) is 4.79 Å². The van der Waals surface area contributed by atoms with Crippen molar-refractivity contribution in [2.75, 3.05) is 0 Å². The predicted octanol–water partition coefficient (Wildman–Crippen LogP) is 2.85. The van der Waals surface area contributed by atoms with Gasteiger partial charge in [0.05, 0.1) is 11.6 Å². The van der Waals surface area contributed by atoms with E-state index in [0.717, 1.165) is 4.47 Å². The van der Waals surface area contributed by atoms with Crippen LogP contribution >= 0.6 is 31.9 Å². The van der Waals surface area contributed by atoms with Crippen LogP contribution in [0.2, 0.25) is 0 Å². The maximum absolute atomic E-state index is 11.6. The van der Waals surface area contributed by atoms with E-state index >= 15 is 0 Å². The Bertz CT molecular complexity index is 426. The molecule has 15 heavy (non-hydrogen) atoms. The standard InChI is InChI=1S/C10H8Br2N2O/c1-6(5-13)14-10(15)8-3-2-7(11)4-9(8)12/h2-4,6H,1H3,(H,14,15). The largest absolute Gasteiger partial charge is 0.337 e. The van der Waals surface area contributed by atoms with Crippen LogP contribution in [-0.4, -0.2) is 11.9 Å². The molecule has 1 aromatic carbocycles. The van der Waals surface area contributed by atoms with Crippen molar-refractivity contribution in [3.63, 3.8) is 0 Å². The average Bonchev–Trinajstić information content (AvgIpc) is 2.17. The summed E-state index contributed by atoms with van der Waals surface area (Å²) in [5.41, 5.74) is 0.514. The van der Waals surface area contributed by atoms with Crippen molar-refractivity contribution >= 4 is 37.8 Å². The summed E-state index contributed by atoms with van der Waals surface area (Å²) < 4.78 is 1.58. The lowest BCUT2D eigenvalue weighted by Gasteiger charge is -2.08. The summed E-state index contributed by atoms with van der Waals surface area (Å²) in [4.78, 5) is 11.6. The summed E-state index contributed by atoms with van der Waals surface area (Å²) in [7, 11) is 0. The predicted molar refractivity (Wildman–Crippen MR) is 64.4 cm³/mol. The van der Waals surface area contributed by atoms with Gasteiger partial charge in [-0.05, 0) is 41.1 Å². The zero-order chi connectivity index (χ0) is 11.4. The molecule has 78 valence electrons. The van der Waals surface area contributed by atoms with E-state index in [1.165, 1.54) is 0 Å². The van der Waals surface area contributed by atoms with E-state index < -0.39 is 6.04 Å². The van der Waals surface area contributed by atoms with Crippen LogP contribution in [0.3, 0.4) is 0 Å². The van der Waals surface area contributed by atoms with Crippen LogP contribution in [0.5, 0.6) is 0 Å². The van der Waals surface area contributed by atoms with Crippen molar-refractivity contribution in [2.45, 2.75) is 13.0 Å². The third-order valence-corrected chi connectivity index (χ3v) is 2.87. The number of nitrogens with one attached hydrogen (secondary N) is 1. The Kier molecular flexibility index (Phi) is 4.30. The number of carbonyl (C=O) groups is 1. The first kappa shape index (κ1) is 12.2. The van der Waals surface area contributed by atoms with Crippen LogP contribution in [0.15, 0.2) is 27.1 Å². The second kappa shape index (κ2) is 5.29. The highest BCUT2D eigenvalue weighted by Crippen LogP contribution is 2.21. The van der Waals surface area contributed by atoms with Crippen molar-refractivity contribution in [1.82, 2.24) is 5.32 Å². The Morgan fingerprint density at radius 2 is 2.20 bits per heavy atom. The van der Waals surface area contributed by atoms with Gasteiger partial charge in [0.15, 0.2) is 0 Å². The van der Waals surface area contributed by atoms with E-state index in [2.05, 4.69) is 37.2 Å². The smallest absolute Gasteiger partial charge is 0.253 e. The van der Waals surface area contributed by atoms with Crippen molar-refractivity contribution in [3.8, 4) is 6.07 Å². The molecule has 1 atom stereocenters. The number of nitrogens with zero attached hydrogens (tertiary/aromatic N) is 1. The molecule has 0 aliphatic heterocycles. The van der Waals surface area contributed by atoms with E-state index in [0.29, 0.717) is 10.0 Å². The molecule has 0 aliphatic carbocycles. The van der Waals surface area contributed by atoms with Crippen LogP contribution in [0.1, 0.15) is 17.3 Å². The molecule has 5 heteroatoms. The molecule has 0 bridgehead atoms.